The highest BCUT2D eigenvalue weighted by Gasteiger charge is 2.26. The van der Waals surface area contributed by atoms with Gasteiger partial charge in [-0.3, -0.25) is 9.69 Å². The molecule has 28 heavy (non-hydrogen) atoms. The van der Waals surface area contributed by atoms with Gasteiger partial charge in [-0.1, -0.05) is 11.6 Å². The van der Waals surface area contributed by atoms with Gasteiger partial charge in [0.1, 0.15) is 5.76 Å². The van der Waals surface area contributed by atoms with Crippen LogP contribution in [0.1, 0.15) is 57.1 Å². The van der Waals surface area contributed by atoms with E-state index in [1.165, 1.54) is 35.3 Å². The predicted molar refractivity (Wildman–Crippen MR) is 111 cm³/mol. The number of hydrogen-bond acceptors (Lipinski definition) is 6. The van der Waals surface area contributed by atoms with Crippen molar-refractivity contribution in [1.29, 1.82) is 0 Å². The molecule has 1 saturated heterocycles. The van der Waals surface area contributed by atoms with Crippen LogP contribution >= 0.6 is 11.3 Å². The van der Waals surface area contributed by atoms with Crippen LogP contribution in [0, 0.1) is 13.8 Å². The number of hydrogen-bond donors (Lipinski definition) is 1. The van der Waals surface area contributed by atoms with Crippen LogP contribution in [0.15, 0.2) is 9.90 Å². The van der Waals surface area contributed by atoms with Crippen LogP contribution in [0.4, 0.5) is 0 Å². The second-order valence-electron chi connectivity index (χ2n) is 8.15. The molecular weight excluding hydrogens is 372 g/mol. The zero-order chi connectivity index (χ0) is 19.7. The fourth-order valence-corrected chi connectivity index (χ4v) is 5.49. The average Bonchev–Trinajstić information content (AvgIpc) is 3.25. The molecule has 6 nitrogen and oxygen atoms in total. The fourth-order valence-electron chi connectivity index (χ4n) is 4.37. The lowest BCUT2D eigenvalue weighted by atomic mass is 10.0. The second-order valence-corrected chi connectivity index (χ2v) is 9.12. The first kappa shape index (κ1) is 19.6. The molecule has 0 saturated carbocycles. The highest BCUT2D eigenvalue weighted by Crippen LogP contribution is 2.30. The zero-order valence-electron chi connectivity index (χ0n) is 17.1. The van der Waals surface area contributed by atoms with Crippen LogP contribution in [0.2, 0.25) is 0 Å². The molecule has 0 unspecified atom stereocenters. The molecule has 4 heterocycles. The van der Waals surface area contributed by atoms with E-state index in [1.807, 2.05) is 19.2 Å². The summed E-state index contributed by atoms with van der Waals surface area (Å²) in [5.74, 6) is 0.998. The van der Waals surface area contributed by atoms with E-state index < -0.39 is 0 Å². The number of nitrogens with zero attached hydrogens (tertiary/aromatic N) is 3. The van der Waals surface area contributed by atoms with Crippen LogP contribution in [0.3, 0.4) is 0 Å². The van der Waals surface area contributed by atoms with Gasteiger partial charge < -0.3 is 14.7 Å². The van der Waals surface area contributed by atoms with E-state index in [1.54, 1.807) is 11.3 Å². The molecule has 2 aromatic heterocycles. The molecule has 2 aliphatic heterocycles. The monoisotopic (exact) mass is 402 g/mol. The summed E-state index contributed by atoms with van der Waals surface area (Å²) in [4.78, 5) is 18.9. The Labute approximate surface area is 170 Å². The normalized spacial score (nSPS) is 20.9. The number of nitrogens with one attached hydrogen (secondary N) is 1. The molecular formula is C21H30N4O2S. The van der Waals surface area contributed by atoms with Crippen molar-refractivity contribution in [2.45, 2.75) is 58.7 Å². The first-order valence-corrected chi connectivity index (χ1v) is 11.1. The second kappa shape index (κ2) is 8.35. The van der Waals surface area contributed by atoms with Crippen molar-refractivity contribution in [3.8, 4) is 0 Å². The summed E-state index contributed by atoms with van der Waals surface area (Å²) in [5.41, 5.74) is 4.29. The zero-order valence-corrected chi connectivity index (χ0v) is 17.9. The van der Waals surface area contributed by atoms with Crippen molar-refractivity contribution in [2.24, 2.45) is 0 Å². The third kappa shape index (κ3) is 4.02. The van der Waals surface area contributed by atoms with Crippen molar-refractivity contribution < 1.29 is 9.32 Å². The highest BCUT2D eigenvalue weighted by molar-refractivity contribution is 7.10. The summed E-state index contributed by atoms with van der Waals surface area (Å²) in [6.07, 6.45) is 4.63. The molecule has 7 heteroatoms. The van der Waals surface area contributed by atoms with Crippen LogP contribution in [-0.4, -0.2) is 53.6 Å². The van der Waals surface area contributed by atoms with E-state index in [0.29, 0.717) is 6.04 Å². The third-order valence-electron chi connectivity index (χ3n) is 6.25. The van der Waals surface area contributed by atoms with E-state index >= 15 is 0 Å². The molecule has 0 bridgehead atoms. The molecule has 1 fully saturated rings. The molecule has 1 N–H and O–H groups in total. The van der Waals surface area contributed by atoms with E-state index in [-0.39, 0.29) is 5.91 Å². The number of amides is 1. The maximum atomic E-state index is 12.8. The Balaban J connectivity index is 1.37. The van der Waals surface area contributed by atoms with Gasteiger partial charge in [0.05, 0.1) is 11.3 Å². The lowest BCUT2D eigenvalue weighted by Crippen LogP contribution is -2.44. The number of piperidine rings is 1. The van der Waals surface area contributed by atoms with E-state index in [4.69, 9.17) is 4.52 Å². The third-order valence-corrected chi connectivity index (χ3v) is 7.27. The number of carbonyl (C=O) groups excluding carboxylic acids is 1. The predicted octanol–water partition coefficient (Wildman–Crippen LogP) is 3.13. The minimum absolute atomic E-state index is 0.0932. The van der Waals surface area contributed by atoms with Crippen molar-refractivity contribution in [2.75, 3.05) is 26.7 Å². The van der Waals surface area contributed by atoms with E-state index in [9.17, 15) is 4.79 Å². The molecule has 152 valence electrons. The highest BCUT2D eigenvalue weighted by atomic mass is 32.1. The Hall–Kier alpha value is -1.70. The molecule has 1 amide bonds. The first-order chi connectivity index (χ1) is 13.5. The number of likely N-dealkylation sites (tertiary alicyclic amines) is 1. The molecule has 0 aromatic carbocycles. The molecule has 2 aliphatic rings. The molecule has 4 rings (SSSR count). The first-order valence-electron chi connectivity index (χ1n) is 10.2. The standard InChI is InChI=1S/C21H30N4O2S/c1-14-18(15(2)27-23-14)11-25-9-7-17-19(13-28-20(17)12-25)21(26)22-10-16-6-4-5-8-24(16)3/h13,16H,4-12H2,1-3H3,(H,22,26)/t16-/m1/s1. The maximum Gasteiger partial charge on any atom is 0.252 e. The number of carbonyl (C=O) groups is 1. The lowest BCUT2D eigenvalue weighted by molar-refractivity contribution is 0.0927. The SMILES string of the molecule is Cc1noc(C)c1CN1CCc2c(C(=O)NC[C@H]3CCCCN3C)csc2C1. The van der Waals surface area contributed by atoms with Crippen LogP contribution < -0.4 is 5.32 Å². The Bertz CT molecular complexity index is 824. The molecule has 1 atom stereocenters. The Morgan fingerprint density at radius 3 is 2.96 bits per heavy atom. The van der Waals surface area contributed by atoms with E-state index in [0.717, 1.165) is 56.2 Å². The molecule has 0 spiro atoms. The fraction of sp³-hybridized carbons (Fsp3) is 0.619. The summed E-state index contributed by atoms with van der Waals surface area (Å²) < 4.78 is 5.30. The minimum Gasteiger partial charge on any atom is -0.361 e. The van der Waals surface area contributed by atoms with Gasteiger partial charge in [0.2, 0.25) is 0 Å². The van der Waals surface area contributed by atoms with Gasteiger partial charge in [-0.15, -0.1) is 11.3 Å². The lowest BCUT2D eigenvalue weighted by Gasteiger charge is -2.32. The van der Waals surface area contributed by atoms with Crippen molar-refractivity contribution in [1.82, 2.24) is 20.3 Å². The van der Waals surface area contributed by atoms with Crippen LogP contribution in [-0.2, 0) is 19.5 Å². The molecule has 0 radical (unpaired) electrons. The average molecular weight is 403 g/mol. The van der Waals surface area contributed by atoms with Gasteiger partial charge in [0, 0.05) is 48.0 Å². The quantitative estimate of drug-likeness (QED) is 0.833. The largest absolute Gasteiger partial charge is 0.361 e. The number of thiophene rings is 1. The Morgan fingerprint density at radius 1 is 1.36 bits per heavy atom. The number of aromatic nitrogens is 1. The minimum atomic E-state index is 0.0932. The van der Waals surface area contributed by atoms with Crippen LogP contribution in [0.5, 0.6) is 0 Å². The summed E-state index contributed by atoms with van der Waals surface area (Å²) in [7, 11) is 2.16. The molecule has 2 aromatic rings. The van der Waals surface area contributed by atoms with Crippen LogP contribution in [0.25, 0.3) is 0 Å². The summed E-state index contributed by atoms with van der Waals surface area (Å²) in [6, 6.07) is 0.470. The number of rotatable bonds is 5. The van der Waals surface area contributed by atoms with Gasteiger partial charge in [-0.2, -0.15) is 0 Å². The van der Waals surface area contributed by atoms with Gasteiger partial charge in [-0.05, 0) is 52.3 Å². The van der Waals surface area contributed by atoms with Gasteiger partial charge in [0.15, 0.2) is 0 Å². The topological polar surface area (TPSA) is 61.6 Å². The maximum absolute atomic E-state index is 12.8. The summed E-state index contributed by atoms with van der Waals surface area (Å²) in [5, 5.41) is 9.30. The van der Waals surface area contributed by atoms with E-state index in [2.05, 4.69) is 27.3 Å². The smallest absolute Gasteiger partial charge is 0.252 e. The van der Waals surface area contributed by atoms with Crippen molar-refractivity contribution in [3.63, 3.8) is 0 Å². The Kier molecular flexibility index (Phi) is 5.85. The molecule has 0 aliphatic carbocycles. The number of aryl methyl sites for hydroxylation is 2. The van der Waals surface area contributed by atoms with Gasteiger partial charge in [0.25, 0.3) is 5.91 Å². The summed E-state index contributed by atoms with van der Waals surface area (Å²) >= 11 is 1.72. The van der Waals surface area contributed by atoms with Gasteiger partial charge in [-0.25, -0.2) is 0 Å². The summed E-state index contributed by atoms with van der Waals surface area (Å²) in [6.45, 7) is 8.56. The number of likely N-dealkylation sites (N-methyl/N-ethyl adjacent to an activating group) is 1. The van der Waals surface area contributed by atoms with Crippen molar-refractivity contribution >= 4 is 17.2 Å². The Morgan fingerprint density at radius 2 is 2.21 bits per heavy atom. The van der Waals surface area contributed by atoms with Gasteiger partial charge >= 0.3 is 0 Å². The van der Waals surface area contributed by atoms with Crippen molar-refractivity contribution in [3.05, 3.63) is 38.4 Å². The number of fused-ring (bicyclic) bond motifs is 1.